The predicted octanol–water partition coefficient (Wildman–Crippen LogP) is 3.19. The van der Waals surface area contributed by atoms with Crippen LogP contribution < -0.4 is 5.32 Å². The second-order valence-corrected chi connectivity index (χ2v) is 5.48. The molecule has 2 rings (SSSR count). The summed E-state index contributed by atoms with van der Waals surface area (Å²) >= 11 is 1.12. The normalized spacial score (nSPS) is 10.2. The van der Waals surface area contributed by atoms with Crippen LogP contribution in [-0.2, 0) is 4.74 Å². The topological polar surface area (TPSA) is 68.3 Å². The Kier molecular flexibility index (Phi) is 4.70. The Balaban J connectivity index is 2.15. The third-order valence-electron chi connectivity index (χ3n) is 2.76. The first kappa shape index (κ1) is 15.2. The number of nitrogens with one attached hydrogen (secondary N) is 1. The molecule has 1 aromatic heterocycles. The van der Waals surface area contributed by atoms with Crippen LogP contribution in [0.3, 0.4) is 0 Å². The Labute approximate surface area is 127 Å². The lowest BCUT2D eigenvalue weighted by atomic mass is 10.1. The number of esters is 1. The Morgan fingerprint density at radius 3 is 2.76 bits per heavy atom. The number of benzene rings is 1. The molecule has 0 atom stereocenters. The highest BCUT2D eigenvalue weighted by molar-refractivity contribution is 7.17. The zero-order chi connectivity index (χ0) is 15.4. The van der Waals surface area contributed by atoms with Crippen LogP contribution in [0, 0.1) is 13.8 Å². The lowest BCUT2D eigenvalue weighted by Gasteiger charge is -2.02. The molecular formula is C15H16N2O3S. The number of hydrogen-bond acceptors (Lipinski definition) is 5. The number of carbonyl (C=O) groups is 2. The monoisotopic (exact) mass is 304 g/mol. The molecule has 0 aliphatic rings. The Morgan fingerprint density at radius 1 is 1.33 bits per heavy atom. The first-order chi connectivity index (χ1) is 10.0. The average molecular weight is 304 g/mol. The highest BCUT2D eigenvalue weighted by Gasteiger charge is 2.17. The van der Waals surface area contributed by atoms with Gasteiger partial charge in [0, 0.05) is 5.56 Å². The van der Waals surface area contributed by atoms with Crippen molar-refractivity contribution in [3.8, 4) is 0 Å². The van der Waals surface area contributed by atoms with E-state index < -0.39 is 5.97 Å². The van der Waals surface area contributed by atoms with E-state index in [9.17, 15) is 9.59 Å². The van der Waals surface area contributed by atoms with Crippen LogP contribution in [-0.4, -0.2) is 23.5 Å². The van der Waals surface area contributed by atoms with Gasteiger partial charge >= 0.3 is 5.97 Å². The molecule has 6 heteroatoms. The van der Waals surface area contributed by atoms with Crippen LogP contribution in [0.1, 0.15) is 38.2 Å². The van der Waals surface area contributed by atoms with E-state index in [0.717, 1.165) is 16.9 Å². The summed E-state index contributed by atoms with van der Waals surface area (Å²) in [6, 6.07) is 7.27. The number of rotatable bonds is 4. The molecule has 0 unspecified atom stereocenters. The van der Waals surface area contributed by atoms with E-state index in [1.807, 2.05) is 19.1 Å². The van der Waals surface area contributed by atoms with E-state index in [1.165, 1.54) is 0 Å². The van der Waals surface area contributed by atoms with Gasteiger partial charge in [-0.2, -0.15) is 0 Å². The van der Waals surface area contributed by atoms with Crippen LogP contribution in [0.5, 0.6) is 0 Å². The van der Waals surface area contributed by atoms with E-state index in [0.29, 0.717) is 27.9 Å². The summed E-state index contributed by atoms with van der Waals surface area (Å²) in [6.07, 6.45) is 0. The van der Waals surface area contributed by atoms with Crippen molar-refractivity contribution in [3.05, 3.63) is 46.0 Å². The van der Waals surface area contributed by atoms with Crippen LogP contribution in [0.15, 0.2) is 24.3 Å². The Bertz CT molecular complexity index is 679. The molecule has 21 heavy (non-hydrogen) atoms. The van der Waals surface area contributed by atoms with Gasteiger partial charge in [-0.1, -0.05) is 29.0 Å². The number of anilines is 1. The van der Waals surface area contributed by atoms with Crippen molar-refractivity contribution in [2.75, 3.05) is 11.9 Å². The van der Waals surface area contributed by atoms with E-state index >= 15 is 0 Å². The minimum absolute atomic E-state index is 0.247. The summed E-state index contributed by atoms with van der Waals surface area (Å²) in [5.74, 6) is -0.661. The van der Waals surface area contributed by atoms with E-state index in [-0.39, 0.29) is 5.91 Å². The smallest absolute Gasteiger partial charge is 0.350 e. The SMILES string of the molecule is CCOC(=O)c1sc(NC(=O)c2cccc(C)c2)nc1C. The highest BCUT2D eigenvalue weighted by atomic mass is 32.1. The zero-order valence-electron chi connectivity index (χ0n) is 12.1. The Hall–Kier alpha value is -2.21. The summed E-state index contributed by atoms with van der Waals surface area (Å²) in [5.41, 5.74) is 2.11. The Morgan fingerprint density at radius 2 is 2.10 bits per heavy atom. The largest absolute Gasteiger partial charge is 0.462 e. The van der Waals surface area contributed by atoms with Crippen LogP contribution in [0.4, 0.5) is 5.13 Å². The van der Waals surface area contributed by atoms with Gasteiger partial charge in [-0.25, -0.2) is 9.78 Å². The maximum Gasteiger partial charge on any atom is 0.350 e. The summed E-state index contributed by atoms with van der Waals surface area (Å²) in [5, 5.41) is 3.10. The first-order valence-electron chi connectivity index (χ1n) is 6.53. The van der Waals surface area contributed by atoms with Crippen molar-refractivity contribution in [1.29, 1.82) is 0 Å². The number of amides is 1. The van der Waals surface area contributed by atoms with Crippen molar-refractivity contribution in [2.24, 2.45) is 0 Å². The van der Waals surface area contributed by atoms with Crippen molar-refractivity contribution in [2.45, 2.75) is 20.8 Å². The minimum atomic E-state index is -0.413. The number of thiazole rings is 1. The standard InChI is InChI=1S/C15H16N2O3S/c1-4-20-14(19)12-10(3)16-15(21-12)17-13(18)11-7-5-6-9(2)8-11/h5-8H,4H2,1-3H3,(H,16,17,18). The molecule has 1 N–H and O–H groups in total. The van der Waals surface area contributed by atoms with Gasteiger partial charge in [-0.3, -0.25) is 10.1 Å². The van der Waals surface area contributed by atoms with Gasteiger partial charge in [-0.05, 0) is 32.9 Å². The number of carbonyl (C=O) groups excluding carboxylic acids is 2. The fourth-order valence-electron chi connectivity index (χ4n) is 1.79. The van der Waals surface area contributed by atoms with Gasteiger partial charge < -0.3 is 4.74 Å². The van der Waals surface area contributed by atoms with Gasteiger partial charge in [0.2, 0.25) is 0 Å². The fourth-order valence-corrected chi connectivity index (χ4v) is 2.65. The number of ether oxygens (including phenoxy) is 1. The summed E-state index contributed by atoms with van der Waals surface area (Å²) < 4.78 is 4.95. The van der Waals surface area contributed by atoms with Crippen LogP contribution in [0.2, 0.25) is 0 Å². The number of aryl methyl sites for hydroxylation is 2. The number of hydrogen-bond donors (Lipinski definition) is 1. The van der Waals surface area contributed by atoms with Crippen molar-refractivity contribution in [1.82, 2.24) is 4.98 Å². The molecular weight excluding hydrogens is 288 g/mol. The van der Waals surface area contributed by atoms with E-state index in [1.54, 1.807) is 26.0 Å². The van der Waals surface area contributed by atoms with Gasteiger partial charge in [-0.15, -0.1) is 0 Å². The van der Waals surface area contributed by atoms with Gasteiger partial charge in [0.25, 0.3) is 5.91 Å². The second-order valence-electron chi connectivity index (χ2n) is 4.48. The van der Waals surface area contributed by atoms with Gasteiger partial charge in [0.1, 0.15) is 4.88 Å². The van der Waals surface area contributed by atoms with Gasteiger partial charge in [0.05, 0.1) is 12.3 Å². The average Bonchev–Trinajstić information content (AvgIpc) is 2.80. The minimum Gasteiger partial charge on any atom is -0.462 e. The summed E-state index contributed by atoms with van der Waals surface area (Å²) in [7, 11) is 0. The molecule has 0 bridgehead atoms. The van der Waals surface area contributed by atoms with E-state index in [4.69, 9.17) is 4.74 Å². The molecule has 1 aromatic carbocycles. The number of aromatic nitrogens is 1. The molecule has 0 fully saturated rings. The fraction of sp³-hybridized carbons (Fsp3) is 0.267. The lowest BCUT2D eigenvalue weighted by molar-refractivity contribution is 0.0531. The molecule has 0 aliphatic carbocycles. The first-order valence-corrected chi connectivity index (χ1v) is 7.35. The zero-order valence-corrected chi connectivity index (χ0v) is 12.9. The van der Waals surface area contributed by atoms with E-state index in [2.05, 4.69) is 10.3 Å². The molecule has 2 aromatic rings. The van der Waals surface area contributed by atoms with Gasteiger partial charge in [0.15, 0.2) is 5.13 Å². The van der Waals surface area contributed by atoms with Crippen molar-refractivity contribution >= 4 is 28.3 Å². The predicted molar refractivity (Wildman–Crippen MR) is 81.9 cm³/mol. The third kappa shape index (κ3) is 3.66. The van der Waals surface area contributed by atoms with Crippen LogP contribution >= 0.6 is 11.3 Å². The molecule has 1 amide bonds. The molecule has 0 radical (unpaired) electrons. The molecule has 0 saturated heterocycles. The molecule has 1 heterocycles. The van der Waals surface area contributed by atoms with Crippen molar-refractivity contribution in [3.63, 3.8) is 0 Å². The van der Waals surface area contributed by atoms with Crippen LogP contribution in [0.25, 0.3) is 0 Å². The molecule has 0 aliphatic heterocycles. The summed E-state index contributed by atoms with van der Waals surface area (Å²) in [6.45, 7) is 5.68. The lowest BCUT2D eigenvalue weighted by Crippen LogP contribution is -2.11. The van der Waals surface area contributed by atoms with Crippen molar-refractivity contribution < 1.29 is 14.3 Å². The second kappa shape index (κ2) is 6.49. The third-order valence-corrected chi connectivity index (χ3v) is 3.81. The highest BCUT2D eigenvalue weighted by Crippen LogP contribution is 2.24. The molecule has 0 spiro atoms. The maximum atomic E-state index is 12.1. The molecule has 5 nitrogen and oxygen atoms in total. The number of nitrogens with zero attached hydrogens (tertiary/aromatic N) is 1. The quantitative estimate of drug-likeness (QED) is 0.881. The maximum absolute atomic E-state index is 12.1. The molecule has 110 valence electrons. The summed E-state index contributed by atoms with van der Waals surface area (Å²) in [4.78, 5) is 28.4. The molecule has 0 saturated carbocycles.